The fourth-order valence-corrected chi connectivity index (χ4v) is 3.44. The Labute approximate surface area is 169 Å². The second-order valence-electron chi connectivity index (χ2n) is 8.31. The minimum atomic E-state index is -0.480. The molecule has 1 rings (SSSR count). The standard InChI is InChI=1S/C22H36O6/c1-15(13-22(5,6)28-16(2)14-21(3,4)26-9)27-20(23)19-17(24-7)11-10-12-18(19)25-8/h10-12,15-16H,13-14H2,1-9H3. The molecule has 160 valence electrons. The second kappa shape index (κ2) is 10.1. The number of hydrogen-bond acceptors (Lipinski definition) is 6. The number of esters is 1. The molecule has 28 heavy (non-hydrogen) atoms. The summed E-state index contributed by atoms with van der Waals surface area (Å²) >= 11 is 0. The van der Waals surface area contributed by atoms with E-state index in [-0.39, 0.29) is 23.4 Å². The Morgan fingerprint density at radius 2 is 1.39 bits per heavy atom. The maximum absolute atomic E-state index is 12.7. The summed E-state index contributed by atoms with van der Waals surface area (Å²) in [6, 6.07) is 5.17. The SMILES string of the molecule is COc1cccc(OC)c1C(=O)OC(C)CC(C)(C)OC(C)CC(C)(C)OC. The molecular formula is C22H36O6. The molecule has 2 atom stereocenters. The van der Waals surface area contributed by atoms with E-state index in [1.54, 1.807) is 25.3 Å². The molecule has 0 heterocycles. The van der Waals surface area contributed by atoms with Gasteiger partial charge in [-0.05, 0) is 53.7 Å². The van der Waals surface area contributed by atoms with Gasteiger partial charge >= 0.3 is 5.97 Å². The van der Waals surface area contributed by atoms with Crippen LogP contribution in [0.15, 0.2) is 18.2 Å². The van der Waals surface area contributed by atoms with Crippen molar-refractivity contribution in [2.75, 3.05) is 21.3 Å². The van der Waals surface area contributed by atoms with E-state index in [0.29, 0.717) is 17.9 Å². The van der Waals surface area contributed by atoms with Gasteiger partial charge in [-0.3, -0.25) is 0 Å². The van der Waals surface area contributed by atoms with Crippen molar-refractivity contribution in [3.8, 4) is 11.5 Å². The van der Waals surface area contributed by atoms with Gasteiger partial charge in [-0.25, -0.2) is 4.79 Å². The van der Waals surface area contributed by atoms with Crippen LogP contribution in [0.4, 0.5) is 0 Å². The molecule has 0 aliphatic rings. The van der Waals surface area contributed by atoms with Gasteiger partial charge in [0.15, 0.2) is 0 Å². The lowest BCUT2D eigenvalue weighted by molar-refractivity contribution is -0.113. The highest BCUT2D eigenvalue weighted by Gasteiger charge is 2.30. The average Bonchev–Trinajstić information content (AvgIpc) is 2.58. The molecule has 0 aliphatic heterocycles. The first-order valence-electron chi connectivity index (χ1n) is 9.59. The molecule has 0 aliphatic carbocycles. The zero-order valence-corrected chi connectivity index (χ0v) is 18.8. The van der Waals surface area contributed by atoms with Gasteiger partial charge in [0.25, 0.3) is 0 Å². The van der Waals surface area contributed by atoms with Crippen molar-refractivity contribution in [3.63, 3.8) is 0 Å². The summed E-state index contributed by atoms with van der Waals surface area (Å²) in [6.07, 6.45) is 0.968. The lowest BCUT2D eigenvalue weighted by Gasteiger charge is -2.34. The molecule has 0 saturated carbocycles. The fraction of sp³-hybridized carbons (Fsp3) is 0.682. The van der Waals surface area contributed by atoms with Gasteiger partial charge in [0.05, 0.1) is 31.5 Å². The van der Waals surface area contributed by atoms with Gasteiger partial charge in [-0.15, -0.1) is 0 Å². The smallest absolute Gasteiger partial charge is 0.346 e. The summed E-state index contributed by atoms with van der Waals surface area (Å²) in [5, 5.41) is 0. The van der Waals surface area contributed by atoms with Crippen molar-refractivity contribution in [1.82, 2.24) is 0 Å². The van der Waals surface area contributed by atoms with Crippen molar-refractivity contribution in [2.45, 2.75) is 77.8 Å². The van der Waals surface area contributed by atoms with Gasteiger partial charge in [-0.1, -0.05) is 6.07 Å². The molecule has 0 fully saturated rings. The highest BCUT2D eigenvalue weighted by Crippen LogP contribution is 2.30. The van der Waals surface area contributed by atoms with Gasteiger partial charge < -0.3 is 23.7 Å². The van der Waals surface area contributed by atoms with Crippen LogP contribution in [0.1, 0.15) is 64.7 Å². The van der Waals surface area contributed by atoms with Crippen LogP contribution < -0.4 is 9.47 Å². The van der Waals surface area contributed by atoms with Crippen molar-refractivity contribution in [1.29, 1.82) is 0 Å². The van der Waals surface area contributed by atoms with Gasteiger partial charge in [-0.2, -0.15) is 0 Å². The largest absolute Gasteiger partial charge is 0.496 e. The molecule has 0 bridgehead atoms. The van der Waals surface area contributed by atoms with Crippen LogP contribution in [0, 0.1) is 0 Å². The molecule has 0 saturated heterocycles. The molecule has 0 radical (unpaired) electrons. The minimum Gasteiger partial charge on any atom is -0.496 e. The first kappa shape index (κ1) is 24.2. The highest BCUT2D eigenvalue weighted by atomic mass is 16.6. The predicted molar refractivity (Wildman–Crippen MR) is 109 cm³/mol. The summed E-state index contributed by atoms with van der Waals surface area (Å²) < 4.78 is 27.9. The third kappa shape index (κ3) is 7.32. The molecule has 0 spiro atoms. The Morgan fingerprint density at radius 1 is 0.893 bits per heavy atom. The lowest BCUT2D eigenvalue weighted by atomic mass is 9.98. The number of carbonyl (C=O) groups is 1. The zero-order valence-electron chi connectivity index (χ0n) is 18.8. The Kier molecular flexibility index (Phi) is 8.76. The van der Waals surface area contributed by atoms with Crippen LogP contribution in [0.25, 0.3) is 0 Å². The number of carbonyl (C=O) groups excluding carboxylic acids is 1. The molecule has 1 aromatic carbocycles. The number of benzene rings is 1. The Hall–Kier alpha value is -1.79. The third-order valence-electron chi connectivity index (χ3n) is 4.57. The fourth-order valence-electron chi connectivity index (χ4n) is 3.44. The predicted octanol–water partition coefficient (Wildman–Crippen LogP) is 4.64. The molecule has 1 aromatic rings. The molecular weight excluding hydrogens is 360 g/mol. The maximum Gasteiger partial charge on any atom is 0.346 e. The van der Waals surface area contributed by atoms with E-state index in [2.05, 4.69) is 0 Å². The van der Waals surface area contributed by atoms with Crippen molar-refractivity contribution in [3.05, 3.63) is 23.8 Å². The van der Waals surface area contributed by atoms with E-state index >= 15 is 0 Å². The van der Waals surface area contributed by atoms with Crippen molar-refractivity contribution < 1.29 is 28.5 Å². The van der Waals surface area contributed by atoms with E-state index in [9.17, 15) is 4.79 Å². The van der Waals surface area contributed by atoms with Crippen LogP contribution in [-0.4, -0.2) is 50.7 Å². The molecule has 2 unspecified atom stereocenters. The monoisotopic (exact) mass is 396 g/mol. The summed E-state index contributed by atoms with van der Waals surface area (Å²) in [7, 11) is 4.72. The lowest BCUT2D eigenvalue weighted by Crippen LogP contribution is -2.37. The summed E-state index contributed by atoms with van der Waals surface area (Å²) in [5.41, 5.74) is -0.435. The van der Waals surface area contributed by atoms with Crippen molar-refractivity contribution >= 4 is 5.97 Å². The van der Waals surface area contributed by atoms with Crippen LogP contribution in [0.5, 0.6) is 11.5 Å². The van der Waals surface area contributed by atoms with Crippen LogP contribution in [-0.2, 0) is 14.2 Å². The van der Waals surface area contributed by atoms with Gasteiger partial charge in [0, 0.05) is 20.0 Å². The Bertz CT molecular complexity index is 616. The summed E-state index contributed by atoms with van der Waals surface area (Å²) in [5.74, 6) is 0.358. The molecule has 0 amide bonds. The number of methoxy groups -OCH3 is 3. The second-order valence-corrected chi connectivity index (χ2v) is 8.31. The number of rotatable bonds is 11. The number of ether oxygens (including phenoxy) is 5. The van der Waals surface area contributed by atoms with E-state index in [1.165, 1.54) is 14.2 Å². The Morgan fingerprint density at radius 3 is 1.86 bits per heavy atom. The minimum absolute atomic E-state index is 0.00200. The average molecular weight is 397 g/mol. The third-order valence-corrected chi connectivity index (χ3v) is 4.57. The van der Waals surface area contributed by atoms with Gasteiger partial charge in [0.2, 0.25) is 0 Å². The van der Waals surface area contributed by atoms with Gasteiger partial charge in [0.1, 0.15) is 23.2 Å². The molecule has 0 N–H and O–H groups in total. The van der Waals surface area contributed by atoms with Crippen LogP contribution in [0.2, 0.25) is 0 Å². The Balaban J connectivity index is 2.75. The van der Waals surface area contributed by atoms with E-state index < -0.39 is 11.6 Å². The summed E-state index contributed by atoms with van der Waals surface area (Å²) in [6.45, 7) is 11.9. The van der Waals surface area contributed by atoms with Crippen LogP contribution >= 0.6 is 0 Å². The maximum atomic E-state index is 12.7. The molecule has 6 heteroatoms. The first-order valence-corrected chi connectivity index (χ1v) is 9.59. The summed E-state index contributed by atoms with van der Waals surface area (Å²) in [4.78, 5) is 12.7. The number of hydrogen-bond donors (Lipinski definition) is 0. The van der Waals surface area contributed by atoms with Crippen LogP contribution in [0.3, 0.4) is 0 Å². The molecule has 0 aromatic heterocycles. The van der Waals surface area contributed by atoms with E-state index in [4.69, 9.17) is 23.7 Å². The normalized spacial score (nSPS) is 14.3. The van der Waals surface area contributed by atoms with E-state index in [0.717, 1.165) is 6.42 Å². The van der Waals surface area contributed by atoms with Crippen molar-refractivity contribution in [2.24, 2.45) is 0 Å². The highest BCUT2D eigenvalue weighted by molar-refractivity contribution is 5.95. The topological polar surface area (TPSA) is 63.2 Å². The quantitative estimate of drug-likeness (QED) is 0.508. The first-order chi connectivity index (χ1) is 12.9. The molecule has 6 nitrogen and oxygen atoms in total. The van der Waals surface area contributed by atoms with E-state index in [1.807, 2.05) is 41.5 Å². The zero-order chi connectivity index (χ0) is 21.5.